The molecule has 1 amide bonds. The van der Waals surface area contributed by atoms with E-state index in [0.717, 1.165) is 23.3 Å². The van der Waals surface area contributed by atoms with Crippen molar-refractivity contribution < 1.29 is 14.1 Å². The zero-order valence-corrected chi connectivity index (χ0v) is 14.5. The largest absolute Gasteiger partial charge is 0.496 e. The fourth-order valence-corrected chi connectivity index (χ4v) is 3.80. The lowest BCUT2D eigenvalue weighted by Gasteiger charge is -2.20. The molecular formula is C18H17N3O3S. The quantitative estimate of drug-likeness (QED) is 0.712. The van der Waals surface area contributed by atoms with Crippen molar-refractivity contribution in [3.8, 4) is 17.1 Å². The van der Waals surface area contributed by atoms with Gasteiger partial charge in [-0.25, -0.2) is 0 Å². The van der Waals surface area contributed by atoms with E-state index in [9.17, 15) is 4.79 Å². The first-order valence-corrected chi connectivity index (χ1v) is 8.97. The number of methoxy groups -OCH3 is 1. The predicted molar refractivity (Wildman–Crippen MR) is 93.6 cm³/mol. The summed E-state index contributed by atoms with van der Waals surface area (Å²) in [5.41, 5.74) is 0.772. The Morgan fingerprint density at radius 2 is 2.20 bits per heavy atom. The lowest BCUT2D eigenvalue weighted by atomic mass is 10.2. The second kappa shape index (κ2) is 6.68. The number of nitrogens with zero attached hydrogens (tertiary/aromatic N) is 3. The van der Waals surface area contributed by atoms with Gasteiger partial charge in [0, 0.05) is 6.54 Å². The summed E-state index contributed by atoms with van der Waals surface area (Å²) in [6, 6.07) is 11.1. The number of carbonyl (C=O) groups is 1. The van der Waals surface area contributed by atoms with Crippen LogP contribution < -0.4 is 4.74 Å². The van der Waals surface area contributed by atoms with Gasteiger partial charge >= 0.3 is 0 Å². The fourth-order valence-electron chi connectivity index (χ4n) is 3.12. The summed E-state index contributed by atoms with van der Waals surface area (Å²) in [5, 5.41) is 6.00. The average Bonchev–Trinajstić information content (AvgIpc) is 3.41. The van der Waals surface area contributed by atoms with E-state index in [4.69, 9.17) is 9.26 Å². The summed E-state index contributed by atoms with van der Waals surface area (Å²) in [7, 11) is 1.61. The zero-order valence-electron chi connectivity index (χ0n) is 13.7. The standard InChI is InChI=1S/C18H17N3O3S/c1-23-14-8-3-2-6-12(14)16-19-17(24-20-16)13-7-4-10-21(13)18(22)15-9-5-11-25-15/h2-3,5-6,8-9,11,13H,4,7,10H2,1H3/t13-/m0/s1. The zero-order chi connectivity index (χ0) is 17.2. The average molecular weight is 355 g/mol. The van der Waals surface area contributed by atoms with Crippen LogP contribution in [0, 0.1) is 0 Å². The first-order chi connectivity index (χ1) is 12.3. The Morgan fingerprint density at radius 3 is 3.00 bits per heavy atom. The third kappa shape index (κ3) is 2.91. The maximum absolute atomic E-state index is 12.7. The number of amides is 1. The highest BCUT2D eigenvalue weighted by Gasteiger charge is 2.35. The molecule has 1 fully saturated rings. The van der Waals surface area contributed by atoms with Crippen LogP contribution in [0.2, 0.25) is 0 Å². The van der Waals surface area contributed by atoms with E-state index in [1.165, 1.54) is 11.3 Å². The third-order valence-corrected chi connectivity index (χ3v) is 5.18. The number of hydrogen-bond donors (Lipinski definition) is 0. The molecule has 0 bridgehead atoms. The molecule has 1 atom stereocenters. The number of hydrogen-bond acceptors (Lipinski definition) is 6. The smallest absolute Gasteiger partial charge is 0.264 e. The summed E-state index contributed by atoms with van der Waals surface area (Å²) in [5.74, 6) is 1.66. The van der Waals surface area contributed by atoms with Gasteiger partial charge in [-0.3, -0.25) is 4.79 Å². The Bertz CT molecular complexity index is 875. The first kappa shape index (κ1) is 15.8. The molecule has 1 aromatic carbocycles. The highest BCUT2D eigenvalue weighted by atomic mass is 32.1. The second-order valence-electron chi connectivity index (χ2n) is 5.79. The fraction of sp³-hybridized carbons (Fsp3) is 0.278. The number of para-hydroxylation sites is 1. The summed E-state index contributed by atoms with van der Waals surface area (Å²) >= 11 is 1.45. The highest BCUT2D eigenvalue weighted by Crippen LogP contribution is 2.35. The van der Waals surface area contributed by atoms with Crippen LogP contribution >= 0.6 is 11.3 Å². The normalized spacial score (nSPS) is 17.0. The number of thiophene rings is 1. The molecule has 0 aliphatic carbocycles. The van der Waals surface area contributed by atoms with Crippen LogP contribution in [0.4, 0.5) is 0 Å². The Labute approximate surface area is 149 Å². The number of rotatable bonds is 4. The molecule has 2 aromatic heterocycles. The lowest BCUT2D eigenvalue weighted by molar-refractivity contribution is 0.0715. The van der Waals surface area contributed by atoms with Crippen molar-refractivity contribution in [1.82, 2.24) is 15.0 Å². The number of aromatic nitrogens is 2. The molecule has 3 heterocycles. The molecule has 1 saturated heterocycles. The van der Waals surface area contributed by atoms with Crippen molar-refractivity contribution in [2.24, 2.45) is 0 Å². The molecule has 0 N–H and O–H groups in total. The molecule has 1 aliphatic heterocycles. The minimum Gasteiger partial charge on any atom is -0.496 e. The van der Waals surface area contributed by atoms with Gasteiger partial charge in [0.25, 0.3) is 5.91 Å². The third-order valence-electron chi connectivity index (χ3n) is 4.32. The van der Waals surface area contributed by atoms with Crippen LogP contribution in [-0.4, -0.2) is 34.6 Å². The summed E-state index contributed by atoms with van der Waals surface area (Å²) in [6.07, 6.45) is 1.75. The first-order valence-electron chi connectivity index (χ1n) is 8.09. The maximum atomic E-state index is 12.7. The van der Waals surface area contributed by atoms with Crippen LogP contribution in [0.25, 0.3) is 11.4 Å². The molecule has 0 spiro atoms. The maximum Gasteiger partial charge on any atom is 0.264 e. The molecule has 25 heavy (non-hydrogen) atoms. The van der Waals surface area contributed by atoms with Gasteiger partial charge in [0.15, 0.2) is 0 Å². The topological polar surface area (TPSA) is 68.5 Å². The SMILES string of the molecule is COc1ccccc1-c1noc([C@@H]2CCCN2C(=O)c2cccs2)n1. The van der Waals surface area contributed by atoms with Crippen molar-refractivity contribution in [2.45, 2.75) is 18.9 Å². The summed E-state index contributed by atoms with van der Waals surface area (Å²) in [6.45, 7) is 0.702. The van der Waals surface area contributed by atoms with Gasteiger partial charge in [-0.05, 0) is 36.4 Å². The predicted octanol–water partition coefficient (Wildman–Crippen LogP) is 3.78. The van der Waals surface area contributed by atoms with Gasteiger partial charge in [-0.15, -0.1) is 11.3 Å². The Kier molecular flexibility index (Phi) is 4.23. The van der Waals surface area contributed by atoms with Crippen molar-refractivity contribution in [3.63, 3.8) is 0 Å². The van der Waals surface area contributed by atoms with E-state index in [2.05, 4.69) is 10.1 Å². The van der Waals surface area contributed by atoms with Crippen LogP contribution in [0.5, 0.6) is 5.75 Å². The van der Waals surface area contributed by atoms with E-state index in [1.54, 1.807) is 7.11 Å². The minimum absolute atomic E-state index is 0.0227. The van der Waals surface area contributed by atoms with Gasteiger partial charge in [0.1, 0.15) is 11.8 Å². The second-order valence-corrected chi connectivity index (χ2v) is 6.74. The highest BCUT2D eigenvalue weighted by molar-refractivity contribution is 7.12. The van der Waals surface area contributed by atoms with Crippen molar-refractivity contribution in [1.29, 1.82) is 0 Å². The molecule has 3 aromatic rings. The van der Waals surface area contributed by atoms with Crippen molar-refractivity contribution >= 4 is 17.2 Å². The van der Waals surface area contributed by atoms with Crippen molar-refractivity contribution in [2.75, 3.05) is 13.7 Å². The van der Waals surface area contributed by atoms with Gasteiger partial charge in [-0.1, -0.05) is 23.4 Å². The lowest BCUT2D eigenvalue weighted by Crippen LogP contribution is -2.30. The van der Waals surface area contributed by atoms with E-state index in [-0.39, 0.29) is 11.9 Å². The summed E-state index contributed by atoms with van der Waals surface area (Å²) < 4.78 is 10.9. The molecule has 128 valence electrons. The molecule has 7 heteroatoms. The molecular weight excluding hydrogens is 338 g/mol. The van der Waals surface area contributed by atoms with Gasteiger partial charge in [0.05, 0.1) is 17.6 Å². The van der Waals surface area contributed by atoms with Gasteiger partial charge in [-0.2, -0.15) is 4.98 Å². The van der Waals surface area contributed by atoms with Crippen LogP contribution in [0.15, 0.2) is 46.3 Å². The molecule has 1 aliphatic rings. The Balaban J connectivity index is 1.62. The van der Waals surface area contributed by atoms with E-state index in [0.29, 0.717) is 24.0 Å². The van der Waals surface area contributed by atoms with E-state index < -0.39 is 0 Å². The minimum atomic E-state index is -0.175. The van der Waals surface area contributed by atoms with E-state index in [1.807, 2.05) is 46.7 Å². The Morgan fingerprint density at radius 1 is 1.32 bits per heavy atom. The molecule has 0 radical (unpaired) electrons. The van der Waals surface area contributed by atoms with Gasteiger partial charge in [0.2, 0.25) is 11.7 Å². The molecule has 0 unspecified atom stereocenters. The number of benzene rings is 1. The van der Waals surface area contributed by atoms with Crippen LogP contribution in [-0.2, 0) is 0 Å². The molecule has 6 nitrogen and oxygen atoms in total. The van der Waals surface area contributed by atoms with Crippen LogP contribution in [0.3, 0.4) is 0 Å². The Hall–Kier alpha value is -2.67. The monoisotopic (exact) mass is 355 g/mol. The van der Waals surface area contributed by atoms with Crippen molar-refractivity contribution in [3.05, 3.63) is 52.5 Å². The summed E-state index contributed by atoms with van der Waals surface area (Å²) in [4.78, 5) is 19.8. The van der Waals surface area contributed by atoms with Crippen LogP contribution in [0.1, 0.15) is 34.4 Å². The molecule has 0 saturated carbocycles. The number of ether oxygens (including phenoxy) is 1. The number of likely N-dealkylation sites (tertiary alicyclic amines) is 1. The molecule has 4 rings (SSSR count). The number of carbonyl (C=O) groups excluding carboxylic acids is 1. The van der Waals surface area contributed by atoms with Gasteiger partial charge < -0.3 is 14.2 Å². The van der Waals surface area contributed by atoms with E-state index >= 15 is 0 Å².